The number of nitrogens with zero attached hydrogens (tertiary/aromatic N) is 1. The largest absolute Gasteiger partial charge is 0.457 e. The molecule has 2 aromatic rings. The normalized spacial score (nSPS) is 19.6. The van der Waals surface area contributed by atoms with Crippen LogP contribution in [0.3, 0.4) is 0 Å². The topological polar surface area (TPSA) is 81.5 Å². The number of nitrogens with one attached hydrogen (secondary N) is 1. The zero-order chi connectivity index (χ0) is 18.0. The number of carbonyl (C=O) groups excluding carboxylic acids is 1. The molecule has 3 rings (SSSR count). The monoisotopic (exact) mass is 348 g/mol. The maximum atomic E-state index is 13.8. The van der Waals surface area contributed by atoms with Gasteiger partial charge in [-0.2, -0.15) is 0 Å². The summed E-state index contributed by atoms with van der Waals surface area (Å²) in [5.41, 5.74) is 0.251. The minimum atomic E-state index is -0.623. The van der Waals surface area contributed by atoms with Crippen molar-refractivity contribution in [2.24, 2.45) is 0 Å². The maximum absolute atomic E-state index is 13.8. The first-order valence-corrected chi connectivity index (χ1v) is 7.58. The second kappa shape index (κ2) is 6.94. The molecule has 130 valence electrons. The third-order valence-electron chi connectivity index (χ3n) is 4.01. The Labute approximate surface area is 141 Å². The van der Waals surface area contributed by atoms with Crippen LogP contribution in [0.2, 0.25) is 0 Å². The van der Waals surface area contributed by atoms with Crippen LogP contribution in [-0.4, -0.2) is 23.5 Å². The quantitative estimate of drug-likeness (QED) is 0.521. The fourth-order valence-electron chi connectivity index (χ4n) is 2.75. The molecule has 1 aliphatic heterocycles. The number of ether oxygens (including phenoxy) is 1. The van der Waals surface area contributed by atoms with Gasteiger partial charge in [-0.15, -0.1) is 0 Å². The molecule has 2 atom stereocenters. The molecule has 0 radical (unpaired) electrons. The molecule has 0 spiro atoms. The molecule has 1 N–H and O–H groups in total. The number of esters is 1. The first-order chi connectivity index (χ1) is 11.9. The number of non-ortho nitro benzene ring substituents is 1. The number of nitro benzene ring substituents is 1. The van der Waals surface area contributed by atoms with Crippen molar-refractivity contribution in [1.82, 2.24) is 5.32 Å². The van der Waals surface area contributed by atoms with Gasteiger partial charge < -0.3 is 10.1 Å². The molecule has 0 aliphatic carbocycles. The number of hydrogen-bond acceptors (Lipinski definition) is 5. The van der Waals surface area contributed by atoms with Gasteiger partial charge in [-0.25, -0.2) is 13.6 Å². The van der Waals surface area contributed by atoms with Gasteiger partial charge in [0.05, 0.1) is 10.5 Å². The highest BCUT2D eigenvalue weighted by atomic mass is 19.1. The molecule has 1 aliphatic rings. The van der Waals surface area contributed by atoms with Crippen molar-refractivity contribution < 1.29 is 23.2 Å². The van der Waals surface area contributed by atoms with Gasteiger partial charge in [0, 0.05) is 36.7 Å². The van der Waals surface area contributed by atoms with E-state index in [0.717, 1.165) is 18.2 Å². The van der Waals surface area contributed by atoms with Crippen molar-refractivity contribution in [3.05, 3.63) is 75.3 Å². The van der Waals surface area contributed by atoms with Crippen molar-refractivity contribution in [1.29, 1.82) is 0 Å². The molecule has 0 aromatic heterocycles. The summed E-state index contributed by atoms with van der Waals surface area (Å²) in [5.74, 6) is -1.69. The standard InChI is InChI=1S/C17H14F2N2O4/c18-11-3-6-15(19)14(7-11)16-8-13(9-20-16)25-17(22)10-1-4-12(5-2-10)21(23)24/h1-7,13,16,20H,8-9H2/t13-,16-/m0/s1. The van der Waals surface area contributed by atoms with Gasteiger partial charge in [0.1, 0.15) is 17.7 Å². The highest BCUT2D eigenvalue weighted by molar-refractivity contribution is 5.89. The van der Waals surface area contributed by atoms with Crippen LogP contribution in [0.25, 0.3) is 0 Å². The van der Waals surface area contributed by atoms with Gasteiger partial charge in [0.25, 0.3) is 5.69 Å². The lowest BCUT2D eigenvalue weighted by Gasteiger charge is -2.13. The molecule has 0 bridgehead atoms. The summed E-state index contributed by atoms with van der Waals surface area (Å²) in [6, 6.07) is 7.82. The Kier molecular flexibility index (Phi) is 4.71. The minimum Gasteiger partial charge on any atom is -0.457 e. The predicted molar refractivity (Wildman–Crippen MR) is 84.0 cm³/mol. The van der Waals surface area contributed by atoms with Gasteiger partial charge in [0.15, 0.2) is 0 Å². The summed E-state index contributed by atoms with van der Waals surface area (Å²) in [5, 5.41) is 13.6. The van der Waals surface area contributed by atoms with Crippen LogP contribution < -0.4 is 5.32 Å². The molecular weight excluding hydrogens is 334 g/mol. The van der Waals surface area contributed by atoms with E-state index >= 15 is 0 Å². The zero-order valence-electron chi connectivity index (χ0n) is 12.9. The van der Waals surface area contributed by atoms with Gasteiger partial charge in [-0.05, 0) is 30.3 Å². The molecule has 1 heterocycles. The van der Waals surface area contributed by atoms with E-state index < -0.39 is 34.7 Å². The number of carbonyl (C=O) groups is 1. The summed E-state index contributed by atoms with van der Waals surface area (Å²) in [7, 11) is 0. The lowest BCUT2D eigenvalue weighted by Crippen LogP contribution is -2.21. The first kappa shape index (κ1) is 17.0. The molecule has 8 heteroatoms. The van der Waals surface area contributed by atoms with E-state index in [-0.39, 0.29) is 16.8 Å². The summed E-state index contributed by atoms with van der Waals surface area (Å²) < 4.78 is 32.4. The van der Waals surface area contributed by atoms with Crippen LogP contribution in [0.4, 0.5) is 14.5 Å². The highest BCUT2D eigenvalue weighted by Crippen LogP contribution is 2.28. The summed E-state index contributed by atoms with van der Waals surface area (Å²) in [6.45, 7) is 0.305. The Balaban J connectivity index is 1.63. The Bertz CT molecular complexity index is 811. The summed E-state index contributed by atoms with van der Waals surface area (Å²) in [6.07, 6.45) is -0.200. The molecule has 6 nitrogen and oxygen atoms in total. The predicted octanol–water partition coefficient (Wildman–Crippen LogP) is 3.13. The average molecular weight is 348 g/mol. The van der Waals surface area contributed by atoms with Gasteiger partial charge in [0.2, 0.25) is 0 Å². The summed E-state index contributed by atoms with van der Waals surface area (Å²) in [4.78, 5) is 22.1. The molecule has 25 heavy (non-hydrogen) atoms. The highest BCUT2D eigenvalue weighted by Gasteiger charge is 2.30. The molecule has 1 saturated heterocycles. The maximum Gasteiger partial charge on any atom is 0.338 e. The van der Waals surface area contributed by atoms with Crippen molar-refractivity contribution in [2.75, 3.05) is 6.54 Å². The smallest absolute Gasteiger partial charge is 0.338 e. The van der Waals surface area contributed by atoms with Crippen molar-refractivity contribution in [3.63, 3.8) is 0 Å². The van der Waals surface area contributed by atoms with Crippen LogP contribution in [0.15, 0.2) is 42.5 Å². The lowest BCUT2D eigenvalue weighted by atomic mass is 10.0. The van der Waals surface area contributed by atoms with Gasteiger partial charge in [-0.3, -0.25) is 10.1 Å². The molecular formula is C17H14F2N2O4. The fraction of sp³-hybridized carbons (Fsp3) is 0.235. The van der Waals surface area contributed by atoms with Gasteiger partial charge in [-0.1, -0.05) is 0 Å². The number of halogens is 2. The zero-order valence-corrected chi connectivity index (χ0v) is 12.9. The Morgan fingerprint density at radius 3 is 2.60 bits per heavy atom. The van der Waals surface area contributed by atoms with Gasteiger partial charge >= 0.3 is 5.97 Å². The second-order valence-electron chi connectivity index (χ2n) is 5.69. The van der Waals surface area contributed by atoms with E-state index in [0.29, 0.717) is 13.0 Å². The average Bonchev–Trinajstić information content (AvgIpc) is 3.05. The van der Waals surface area contributed by atoms with Crippen molar-refractivity contribution in [3.8, 4) is 0 Å². The number of rotatable bonds is 4. The third kappa shape index (κ3) is 3.80. The van der Waals surface area contributed by atoms with E-state index in [2.05, 4.69) is 5.32 Å². The number of hydrogen-bond donors (Lipinski definition) is 1. The fourth-order valence-corrected chi connectivity index (χ4v) is 2.75. The molecule has 0 saturated carbocycles. The Morgan fingerprint density at radius 2 is 1.92 bits per heavy atom. The summed E-state index contributed by atoms with van der Waals surface area (Å²) >= 11 is 0. The van der Waals surface area contributed by atoms with Crippen LogP contribution in [0.1, 0.15) is 28.4 Å². The van der Waals surface area contributed by atoms with Crippen LogP contribution in [0, 0.1) is 21.7 Å². The van der Waals surface area contributed by atoms with E-state index in [4.69, 9.17) is 4.74 Å². The van der Waals surface area contributed by atoms with Crippen LogP contribution in [0.5, 0.6) is 0 Å². The van der Waals surface area contributed by atoms with E-state index in [9.17, 15) is 23.7 Å². The van der Waals surface area contributed by atoms with E-state index in [1.807, 2.05) is 0 Å². The Hall–Kier alpha value is -2.87. The second-order valence-corrected chi connectivity index (χ2v) is 5.69. The number of benzene rings is 2. The third-order valence-corrected chi connectivity index (χ3v) is 4.01. The molecule has 1 fully saturated rings. The van der Waals surface area contributed by atoms with Crippen molar-refractivity contribution >= 4 is 11.7 Å². The Morgan fingerprint density at radius 1 is 1.20 bits per heavy atom. The minimum absolute atomic E-state index is 0.124. The molecule has 0 unspecified atom stereocenters. The van der Waals surface area contributed by atoms with Crippen LogP contribution >= 0.6 is 0 Å². The number of nitro groups is 1. The SMILES string of the molecule is O=C(O[C@@H]1CN[C@H](c2cc(F)ccc2F)C1)c1ccc([N+](=O)[O-])cc1. The van der Waals surface area contributed by atoms with E-state index in [1.165, 1.54) is 24.3 Å². The lowest BCUT2D eigenvalue weighted by molar-refractivity contribution is -0.384. The molecule has 0 amide bonds. The first-order valence-electron chi connectivity index (χ1n) is 7.58. The molecule has 2 aromatic carbocycles. The van der Waals surface area contributed by atoms with E-state index in [1.54, 1.807) is 0 Å². The van der Waals surface area contributed by atoms with Crippen LogP contribution in [-0.2, 0) is 4.74 Å². The van der Waals surface area contributed by atoms with Crippen molar-refractivity contribution in [2.45, 2.75) is 18.6 Å².